The number of nitrogens with one attached hydrogen (secondary N) is 2. The second-order valence-corrected chi connectivity index (χ2v) is 8.62. The summed E-state index contributed by atoms with van der Waals surface area (Å²) in [6.07, 6.45) is 0. The molecule has 1 aliphatic rings. The van der Waals surface area contributed by atoms with Crippen molar-refractivity contribution in [3.8, 4) is 0 Å². The molecule has 0 saturated heterocycles. The molecule has 6 nitrogen and oxygen atoms in total. The number of carbonyl (C=O) groups is 1. The standard InChI is InChI=1S/C21H19FN4O2S2/c1-11-10-17(25-28-11)23-20(27)18-13(3)26(15-7-5-14(22)6-8-15)21(29)24-19(18)16-9-4-12(2)30-16/h4-10,19H,1-3H3,(H,24,29)(H,23,25,27)/t19-/m0/s1. The van der Waals surface area contributed by atoms with Gasteiger partial charge in [-0.25, -0.2) is 4.39 Å². The maximum Gasteiger partial charge on any atom is 0.257 e. The number of anilines is 2. The van der Waals surface area contributed by atoms with E-state index in [1.165, 1.54) is 12.1 Å². The van der Waals surface area contributed by atoms with E-state index in [4.69, 9.17) is 16.7 Å². The van der Waals surface area contributed by atoms with E-state index in [9.17, 15) is 9.18 Å². The molecule has 1 atom stereocenters. The van der Waals surface area contributed by atoms with Crippen molar-refractivity contribution in [3.63, 3.8) is 0 Å². The van der Waals surface area contributed by atoms with Crippen molar-refractivity contribution in [1.82, 2.24) is 10.5 Å². The van der Waals surface area contributed by atoms with Gasteiger partial charge in [0.25, 0.3) is 5.91 Å². The van der Waals surface area contributed by atoms with Crippen LogP contribution in [0.5, 0.6) is 0 Å². The van der Waals surface area contributed by atoms with Gasteiger partial charge in [-0.3, -0.25) is 9.69 Å². The molecule has 0 spiro atoms. The molecule has 4 rings (SSSR count). The van der Waals surface area contributed by atoms with Gasteiger partial charge in [-0.1, -0.05) is 5.16 Å². The van der Waals surface area contributed by atoms with Crippen LogP contribution in [0.15, 0.2) is 58.3 Å². The number of benzene rings is 1. The van der Waals surface area contributed by atoms with Gasteiger partial charge in [-0.15, -0.1) is 11.3 Å². The molecule has 1 aromatic carbocycles. The summed E-state index contributed by atoms with van der Waals surface area (Å²) in [5.41, 5.74) is 1.81. The highest BCUT2D eigenvalue weighted by atomic mass is 32.1. The zero-order chi connectivity index (χ0) is 21.4. The molecular formula is C21H19FN4O2S2. The average molecular weight is 443 g/mol. The number of amides is 1. The highest BCUT2D eigenvalue weighted by molar-refractivity contribution is 7.80. The van der Waals surface area contributed by atoms with Crippen molar-refractivity contribution in [2.75, 3.05) is 10.2 Å². The number of aryl methyl sites for hydroxylation is 2. The highest BCUT2D eigenvalue weighted by Crippen LogP contribution is 2.36. The molecule has 0 saturated carbocycles. The van der Waals surface area contributed by atoms with Crippen molar-refractivity contribution >= 4 is 46.1 Å². The maximum absolute atomic E-state index is 13.4. The monoisotopic (exact) mass is 442 g/mol. The third-order valence-corrected chi connectivity index (χ3v) is 6.10. The van der Waals surface area contributed by atoms with Crippen molar-refractivity contribution < 1.29 is 13.7 Å². The normalized spacial score (nSPS) is 16.6. The Morgan fingerprint density at radius 2 is 1.97 bits per heavy atom. The molecule has 3 aromatic rings. The summed E-state index contributed by atoms with van der Waals surface area (Å²) in [6.45, 7) is 5.59. The van der Waals surface area contributed by atoms with Crippen molar-refractivity contribution in [2.24, 2.45) is 0 Å². The van der Waals surface area contributed by atoms with E-state index >= 15 is 0 Å². The van der Waals surface area contributed by atoms with Crippen molar-refractivity contribution in [3.05, 3.63) is 75.1 Å². The minimum absolute atomic E-state index is 0.320. The van der Waals surface area contributed by atoms with Crippen LogP contribution in [0.3, 0.4) is 0 Å². The van der Waals surface area contributed by atoms with Crippen LogP contribution in [0, 0.1) is 19.7 Å². The van der Waals surface area contributed by atoms with Crippen LogP contribution in [0.2, 0.25) is 0 Å². The Labute approximate surface area is 182 Å². The molecule has 0 unspecified atom stereocenters. The topological polar surface area (TPSA) is 70.4 Å². The second-order valence-electron chi connectivity index (χ2n) is 6.92. The predicted molar refractivity (Wildman–Crippen MR) is 119 cm³/mol. The quantitative estimate of drug-likeness (QED) is 0.564. The first-order valence-electron chi connectivity index (χ1n) is 9.21. The molecule has 0 radical (unpaired) electrons. The molecule has 1 aliphatic heterocycles. The molecule has 2 N–H and O–H groups in total. The third-order valence-electron chi connectivity index (χ3n) is 4.73. The number of rotatable bonds is 4. The predicted octanol–water partition coefficient (Wildman–Crippen LogP) is 4.84. The smallest absolute Gasteiger partial charge is 0.257 e. The van der Waals surface area contributed by atoms with E-state index < -0.39 is 6.04 Å². The van der Waals surface area contributed by atoms with Crippen molar-refractivity contribution in [1.29, 1.82) is 0 Å². The fourth-order valence-electron chi connectivity index (χ4n) is 3.37. The van der Waals surface area contributed by atoms with E-state index in [2.05, 4.69) is 15.8 Å². The largest absolute Gasteiger partial charge is 0.360 e. The number of allylic oxidation sites excluding steroid dienone is 1. The first-order valence-corrected chi connectivity index (χ1v) is 10.4. The van der Waals surface area contributed by atoms with Crippen LogP contribution in [0.1, 0.15) is 28.5 Å². The maximum atomic E-state index is 13.4. The molecule has 1 amide bonds. The highest BCUT2D eigenvalue weighted by Gasteiger charge is 2.35. The SMILES string of the molecule is CC1=C(C(=O)Nc2cc(C)on2)[C@H](c2ccc(C)s2)NC(=S)N1c1ccc(F)cc1. The molecule has 30 heavy (non-hydrogen) atoms. The van der Waals surface area contributed by atoms with Gasteiger partial charge in [-0.2, -0.15) is 0 Å². The van der Waals surface area contributed by atoms with Gasteiger partial charge in [0.1, 0.15) is 11.6 Å². The van der Waals surface area contributed by atoms with Crippen LogP contribution >= 0.6 is 23.6 Å². The molecule has 0 fully saturated rings. The van der Waals surface area contributed by atoms with Gasteiger partial charge in [0, 0.05) is 27.2 Å². The third kappa shape index (κ3) is 3.86. The molecule has 2 aromatic heterocycles. The number of aromatic nitrogens is 1. The van der Waals surface area contributed by atoms with Gasteiger partial charge in [-0.05, 0) is 69.4 Å². The minimum atomic E-state index is -0.416. The van der Waals surface area contributed by atoms with Crippen LogP contribution in [-0.4, -0.2) is 16.2 Å². The summed E-state index contributed by atoms with van der Waals surface area (Å²) in [5.74, 6) is 0.263. The minimum Gasteiger partial charge on any atom is -0.360 e. The lowest BCUT2D eigenvalue weighted by molar-refractivity contribution is -0.113. The molecule has 0 aliphatic carbocycles. The first-order chi connectivity index (χ1) is 14.3. The Morgan fingerprint density at radius 1 is 1.23 bits per heavy atom. The number of thiocarbonyl (C=S) groups is 1. The van der Waals surface area contributed by atoms with E-state index in [0.717, 1.165) is 9.75 Å². The molecule has 0 bridgehead atoms. The summed E-state index contributed by atoms with van der Waals surface area (Å²) in [5, 5.41) is 10.4. The van der Waals surface area contributed by atoms with Gasteiger partial charge >= 0.3 is 0 Å². The van der Waals surface area contributed by atoms with Crippen LogP contribution in [0.25, 0.3) is 0 Å². The van der Waals surface area contributed by atoms with Crippen LogP contribution in [-0.2, 0) is 4.79 Å². The van der Waals surface area contributed by atoms with Crippen molar-refractivity contribution in [2.45, 2.75) is 26.8 Å². The Bertz CT molecular complexity index is 1150. The van der Waals surface area contributed by atoms with E-state index in [1.807, 2.05) is 26.0 Å². The zero-order valence-electron chi connectivity index (χ0n) is 16.5. The lowest BCUT2D eigenvalue weighted by Crippen LogP contribution is -2.48. The molecule has 9 heteroatoms. The molecular weight excluding hydrogens is 423 g/mol. The fourth-order valence-corrected chi connectivity index (χ4v) is 4.67. The van der Waals surface area contributed by atoms with Crippen LogP contribution in [0.4, 0.5) is 15.9 Å². The Balaban J connectivity index is 1.79. The molecule has 154 valence electrons. The summed E-state index contributed by atoms with van der Waals surface area (Å²) in [6, 6.07) is 11.2. The summed E-state index contributed by atoms with van der Waals surface area (Å²) >= 11 is 7.20. The van der Waals surface area contributed by atoms with Gasteiger partial charge in [0.15, 0.2) is 10.9 Å². The fraction of sp³-hybridized carbons (Fsp3) is 0.190. The second kappa shape index (κ2) is 8.00. The first kappa shape index (κ1) is 20.2. The van der Waals surface area contributed by atoms with Gasteiger partial charge in [0.05, 0.1) is 11.6 Å². The Morgan fingerprint density at radius 3 is 2.57 bits per heavy atom. The lowest BCUT2D eigenvalue weighted by atomic mass is 9.99. The van der Waals surface area contributed by atoms with E-state index in [-0.39, 0.29) is 11.7 Å². The summed E-state index contributed by atoms with van der Waals surface area (Å²) in [7, 11) is 0. The van der Waals surface area contributed by atoms with E-state index in [1.54, 1.807) is 41.4 Å². The summed E-state index contributed by atoms with van der Waals surface area (Å²) in [4.78, 5) is 17.1. The number of thiophene rings is 1. The van der Waals surface area contributed by atoms with Crippen LogP contribution < -0.4 is 15.5 Å². The number of nitrogens with zero attached hydrogens (tertiary/aromatic N) is 2. The average Bonchev–Trinajstić information content (AvgIpc) is 3.30. The number of halogens is 1. The number of carbonyl (C=O) groups excluding carboxylic acids is 1. The van der Waals surface area contributed by atoms with Gasteiger partial charge < -0.3 is 15.2 Å². The molecule has 3 heterocycles. The Kier molecular flexibility index (Phi) is 5.40. The number of hydrogen-bond acceptors (Lipinski definition) is 5. The lowest BCUT2D eigenvalue weighted by Gasteiger charge is -2.37. The van der Waals surface area contributed by atoms with Gasteiger partial charge in [0.2, 0.25) is 0 Å². The summed E-state index contributed by atoms with van der Waals surface area (Å²) < 4.78 is 18.5. The zero-order valence-corrected chi connectivity index (χ0v) is 18.2. The van der Waals surface area contributed by atoms with E-state index in [0.29, 0.717) is 33.6 Å². The Hall–Kier alpha value is -3.04. The number of hydrogen-bond donors (Lipinski definition) is 2.